The molecule has 0 bridgehead atoms. The Bertz CT molecular complexity index is 884. The van der Waals surface area contributed by atoms with E-state index in [0.29, 0.717) is 23.9 Å². The van der Waals surface area contributed by atoms with Crippen molar-refractivity contribution >= 4 is 32.7 Å². The molecule has 8 heteroatoms. The molecule has 2 aromatic rings. The Labute approximate surface area is 152 Å². The summed E-state index contributed by atoms with van der Waals surface area (Å²) in [7, 11) is 0. The maximum absolute atomic E-state index is 12.5. The van der Waals surface area contributed by atoms with Crippen LogP contribution in [0.3, 0.4) is 0 Å². The molecule has 134 valence electrons. The van der Waals surface area contributed by atoms with Crippen molar-refractivity contribution in [3.8, 4) is 0 Å². The van der Waals surface area contributed by atoms with Gasteiger partial charge in [-0.1, -0.05) is 15.9 Å². The van der Waals surface area contributed by atoms with Crippen molar-refractivity contribution in [1.29, 1.82) is 0 Å². The van der Waals surface area contributed by atoms with Crippen LogP contribution < -0.4 is 16.6 Å². The van der Waals surface area contributed by atoms with Crippen LogP contribution in [0, 0.1) is 0 Å². The lowest BCUT2D eigenvalue weighted by Gasteiger charge is -2.11. The van der Waals surface area contributed by atoms with Gasteiger partial charge in [-0.3, -0.25) is 14.2 Å². The number of nitrogens with one attached hydrogen (secondary N) is 2. The summed E-state index contributed by atoms with van der Waals surface area (Å²) < 4.78 is 7.36. The molecule has 2 heterocycles. The number of aromatic nitrogens is 2. The molecular formula is C17H20BrN3O4. The Morgan fingerprint density at radius 3 is 3.00 bits per heavy atom. The normalized spacial score (nSPS) is 17.1. The second kappa shape index (κ2) is 7.97. The molecule has 7 nitrogen and oxygen atoms in total. The standard InChI is InChI=1S/C17H20BrN3O4/c18-11-5-6-14-13(9-11)16(23)21(17(24)20-14)7-1-4-15(22)19-10-12-3-2-8-25-12/h5-6,9,12H,1-4,7-8,10H2,(H,19,22)(H,20,24). The summed E-state index contributed by atoms with van der Waals surface area (Å²) in [6, 6.07) is 5.13. The van der Waals surface area contributed by atoms with Crippen LogP contribution in [-0.2, 0) is 16.1 Å². The minimum absolute atomic E-state index is 0.0940. The van der Waals surface area contributed by atoms with Crippen LogP contribution in [0.25, 0.3) is 10.9 Å². The van der Waals surface area contributed by atoms with Crippen molar-refractivity contribution in [1.82, 2.24) is 14.9 Å². The average molecular weight is 410 g/mol. The van der Waals surface area contributed by atoms with Gasteiger partial charge >= 0.3 is 5.69 Å². The van der Waals surface area contributed by atoms with Crippen molar-refractivity contribution in [3.05, 3.63) is 43.5 Å². The second-order valence-corrected chi connectivity index (χ2v) is 7.04. The molecule has 1 atom stereocenters. The summed E-state index contributed by atoms with van der Waals surface area (Å²) in [4.78, 5) is 39.1. The fourth-order valence-corrected chi connectivity index (χ4v) is 3.31. The number of nitrogens with zero attached hydrogens (tertiary/aromatic N) is 1. The van der Waals surface area contributed by atoms with Gasteiger partial charge in [-0.25, -0.2) is 4.79 Å². The lowest BCUT2D eigenvalue weighted by atomic mass is 10.2. The highest BCUT2D eigenvalue weighted by Gasteiger charge is 2.16. The first-order chi connectivity index (χ1) is 12.0. The Morgan fingerprint density at radius 2 is 2.24 bits per heavy atom. The predicted octanol–water partition coefficient (Wildman–Crippen LogP) is 1.53. The highest BCUT2D eigenvalue weighted by Crippen LogP contribution is 2.14. The van der Waals surface area contributed by atoms with Crippen LogP contribution in [0.1, 0.15) is 25.7 Å². The number of hydrogen-bond donors (Lipinski definition) is 2. The fourth-order valence-electron chi connectivity index (χ4n) is 2.94. The number of amides is 1. The maximum Gasteiger partial charge on any atom is 0.328 e. The number of benzene rings is 1. The summed E-state index contributed by atoms with van der Waals surface area (Å²) >= 11 is 3.32. The van der Waals surface area contributed by atoms with Gasteiger partial charge in [0.05, 0.1) is 17.0 Å². The molecule has 1 aromatic carbocycles. The van der Waals surface area contributed by atoms with Gasteiger partial charge in [-0.2, -0.15) is 0 Å². The predicted molar refractivity (Wildman–Crippen MR) is 97.7 cm³/mol. The summed E-state index contributed by atoms with van der Waals surface area (Å²) in [5.41, 5.74) is -0.303. The van der Waals surface area contributed by atoms with Crippen LogP contribution in [0.4, 0.5) is 0 Å². The number of ether oxygens (including phenoxy) is 1. The molecule has 0 saturated carbocycles. The van der Waals surface area contributed by atoms with E-state index in [0.717, 1.165) is 28.5 Å². The quantitative estimate of drug-likeness (QED) is 0.756. The fraction of sp³-hybridized carbons (Fsp3) is 0.471. The topological polar surface area (TPSA) is 93.2 Å². The largest absolute Gasteiger partial charge is 0.376 e. The van der Waals surface area contributed by atoms with Gasteiger partial charge in [0.15, 0.2) is 0 Å². The van der Waals surface area contributed by atoms with Crippen molar-refractivity contribution < 1.29 is 9.53 Å². The summed E-state index contributed by atoms with van der Waals surface area (Å²) in [5, 5.41) is 3.28. The number of rotatable bonds is 6. The van der Waals surface area contributed by atoms with E-state index < -0.39 is 5.69 Å². The molecule has 1 aromatic heterocycles. The third-order valence-corrected chi connectivity index (χ3v) is 4.77. The molecule has 1 aliphatic heterocycles. The van der Waals surface area contributed by atoms with Gasteiger partial charge in [-0.05, 0) is 37.5 Å². The summed E-state index contributed by atoms with van der Waals surface area (Å²) in [6.07, 6.45) is 2.78. The number of fused-ring (bicyclic) bond motifs is 1. The van der Waals surface area contributed by atoms with Gasteiger partial charge < -0.3 is 15.0 Å². The highest BCUT2D eigenvalue weighted by molar-refractivity contribution is 9.10. The lowest BCUT2D eigenvalue weighted by Crippen LogP contribution is -2.36. The van der Waals surface area contributed by atoms with E-state index in [9.17, 15) is 14.4 Å². The van der Waals surface area contributed by atoms with Crippen molar-refractivity contribution in [3.63, 3.8) is 0 Å². The van der Waals surface area contributed by atoms with E-state index in [2.05, 4.69) is 26.2 Å². The number of halogens is 1. The van der Waals surface area contributed by atoms with Gasteiger partial charge in [0.1, 0.15) is 0 Å². The molecule has 0 aliphatic carbocycles. The third kappa shape index (κ3) is 4.38. The Hall–Kier alpha value is -1.93. The van der Waals surface area contributed by atoms with Crippen molar-refractivity contribution in [2.75, 3.05) is 13.2 Å². The van der Waals surface area contributed by atoms with E-state index in [1.54, 1.807) is 18.2 Å². The minimum Gasteiger partial charge on any atom is -0.376 e. The first-order valence-corrected chi connectivity index (χ1v) is 9.14. The Morgan fingerprint density at radius 1 is 1.40 bits per heavy atom. The van der Waals surface area contributed by atoms with Gasteiger partial charge in [0.25, 0.3) is 5.56 Å². The molecule has 0 spiro atoms. The van der Waals surface area contributed by atoms with E-state index >= 15 is 0 Å². The van der Waals surface area contributed by atoms with Gasteiger partial charge in [0, 0.05) is 30.6 Å². The molecule has 0 radical (unpaired) electrons. The van der Waals surface area contributed by atoms with Crippen LogP contribution in [0.15, 0.2) is 32.3 Å². The molecule has 1 amide bonds. The van der Waals surface area contributed by atoms with Crippen LogP contribution in [0.5, 0.6) is 0 Å². The number of aromatic amines is 1. The number of carbonyl (C=O) groups excluding carboxylic acids is 1. The lowest BCUT2D eigenvalue weighted by molar-refractivity contribution is -0.121. The van der Waals surface area contributed by atoms with Crippen molar-refractivity contribution in [2.24, 2.45) is 0 Å². The number of hydrogen-bond acceptors (Lipinski definition) is 4. The van der Waals surface area contributed by atoms with Crippen molar-refractivity contribution in [2.45, 2.75) is 38.3 Å². The minimum atomic E-state index is -0.459. The van der Waals surface area contributed by atoms with E-state index in [-0.39, 0.29) is 30.5 Å². The molecule has 3 rings (SSSR count). The number of H-pyrrole nitrogens is 1. The van der Waals surface area contributed by atoms with Crippen LogP contribution in [-0.4, -0.2) is 34.7 Å². The zero-order chi connectivity index (χ0) is 17.8. The maximum atomic E-state index is 12.5. The van der Waals surface area contributed by atoms with E-state index in [1.165, 1.54) is 0 Å². The zero-order valence-corrected chi connectivity index (χ0v) is 15.3. The van der Waals surface area contributed by atoms with E-state index in [4.69, 9.17) is 4.74 Å². The van der Waals surface area contributed by atoms with Crippen LogP contribution >= 0.6 is 15.9 Å². The summed E-state index contributed by atoms with van der Waals surface area (Å²) in [5.74, 6) is -0.0940. The Kier molecular flexibility index (Phi) is 5.70. The molecule has 2 N–H and O–H groups in total. The van der Waals surface area contributed by atoms with Crippen LogP contribution in [0.2, 0.25) is 0 Å². The first-order valence-electron chi connectivity index (χ1n) is 8.35. The SMILES string of the molecule is O=C(CCCn1c(=O)[nH]c2ccc(Br)cc2c1=O)NCC1CCCO1. The first kappa shape index (κ1) is 17.9. The smallest absolute Gasteiger partial charge is 0.328 e. The van der Waals surface area contributed by atoms with E-state index in [1.807, 2.05) is 0 Å². The molecule has 1 aliphatic rings. The number of carbonyl (C=O) groups is 1. The highest BCUT2D eigenvalue weighted by atomic mass is 79.9. The average Bonchev–Trinajstić information content (AvgIpc) is 3.10. The summed E-state index contributed by atoms with van der Waals surface area (Å²) in [6.45, 7) is 1.47. The molecule has 1 saturated heterocycles. The molecule has 1 unspecified atom stereocenters. The Balaban J connectivity index is 1.60. The van der Waals surface area contributed by atoms with Gasteiger partial charge in [-0.15, -0.1) is 0 Å². The van der Waals surface area contributed by atoms with Gasteiger partial charge in [0.2, 0.25) is 5.91 Å². The molecule has 1 fully saturated rings. The molecule has 25 heavy (non-hydrogen) atoms. The molecular weight excluding hydrogens is 390 g/mol. The monoisotopic (exact) mass is 409 g/mol. The third-order valence-electron chi connectivity index (χ3n) is 4.28. The zero-order valence-electron chi connectivity index (χ0n) is 13.7. The second-order valence-electron chi connectivity index (χ2n) is 6.12.